The topological polar surface area (TPSA) is 82.0 Å². The maximum Gasteiger partial charge on any atom is 0.161 e. The second kappa shape index (κ2) is 4.60. The molecule has 4 unspecified atom stereocenters. The highest BCUT2D eigenvalue weighted by Crippen LogP contribution is 2.59. The van der Waals surface area contributed by atoms with Crippen LogP contribution in [-0.2, 0) is 11.8 Å². The van der Waals surface area contributed by atoms with Crippen molar-refractivity contribution in [2.45, 2.75) is 55.3 Å². The molecule has 2 fully saturated rings. The van der Waals surface area contributed by atoms with Gasteiger partial charge in [0.25, 0.3) is 0 Å². The molecule has 4 rings (SSSR count). The van der Waals surface area contributed by atoms with E-state index in [-0.39, 0.29) is 11.8 Å². The number of piperidine rings is 1. The van der Waals surface area contributed by atoms with E-state index in [2.05, 4.69) is 5.32 Å². The Labute approximate surface area is 129 Å². The van der Waals surface area contributed by atoms with E-state index in [0.29, 0.717) is 37.9 Å². The summed E-state index contributed by atoms with van der Waals surface area (Å²) in [6.07, 6.45) is 2.63. The van der Waals surface area contributed by atoms with Crippen molar-refractivity contribution in [2.24, 2.45) is 0 Å². The van der Waals surface area contributed by atoms with Crippen molar-refractivity contribution in [3.8, 4) is 11.5 Å². The van der Waals surface area contributed by atoms with Gasteiger partial charge < -0.3 is 25.4 Å². The molecule has 0 radical (unpaired) electrons. The van der Waals surface area contributed by atoms with E-state index in [1.54, 1.807) is 6.07 Å². The molecule has 1 aromatic carbocycles. The highest BCUT2D eigenvalue weighted by molar-refractivity contribution is 5.58. The molecule has 4 atom stereocenters. The molecule has 1 saturated heterocycles. The van der Waals surface area contributed by atoms with Crippen LogP contribution < -0.4 is 10.1 Å². The number of ether oxygens (including phenoxy) is 1. The van der Waals surface area contributed by atoms with Crippen LogP contribution in [0.15, 0.2) is 12.1 Å². The smallest absolute Gasteiger partial charge is 0.161 e. The summed E-state index contributed by atoms with van der Waals surface area (Å²) in [5.41, 5.74) is 0.341. The van der Waals surface area contributed by atoms with Crippen LogP contribution in [0.3, 0.4) is 0 Å². The zero-order valence-electron chi connectivity index (χ0n) is 12.8. The molecule has 1 heterocycles. The predicted molar refractivity (Wildman–Crippen MR) is 81.3 cm³/mol. The van der Waals surface area contributed by atoms with Crippen LogP contribution in [0.25, 0.3) is 0 Å². The molecular formula is C17H23NO4. The van der Waals surface area contributed by atoms with Gasteiger partial charge >= 0.3 is 0 Å². The van der Waals surface area contributed by atoms with Gasteiger partial charge in [0, 0.05) is 17.0 Å². The third-order valence-electron chi connectivity index (χ3n) is 6.14. The summed E-state index contributed by atoms with van der Waals surface area (Å²) in [6, 6.07) is 3.74. The lowest BCUT2D eigenvalue weighted by atomic mass is 9.49. The van der Waals surface area contributed by atoms with Crippen molar-refractivity contribution >= 4 is 0 Å². The molecule has 3 aliphatic rings. The second-order valence-corrected chi connectivity index (χ2v) is 7.01. The molecule has 22 heavy (non-hydrogen) atoms. The van der Waals surface area contributed by atoms with Gasteiger partial charge in [0.1, 0.15) is 0 Å². The molecule has 1 saturated carbocycles. The number of hydrogen-bond acceptors (Lipinski definition) is 5. The summed E-state index contributed by atoms with van der Waals surface area (Å²) in [7, 11) is 1.54. The molecule has 5 nitrogen and oxygen atoms in total. The Kier molecular flexibility index (Phi) is 2.99. The Morgan fingerprint density at radius 3 is 2.91 bits per heavy atom. The third-order valence-corrected chi connectivity index (χ3v) is 6.14. The standard InChI is InChI=1S/C17H23NO4/c1-22-12-3-2-10-8-13-17(21)5-4-11(19)9-16(17,6-7-18-13)14(10)15(12)20/h2-3,11,13,18-21H,4-9H2,1H3. The number of phenolic OH excluding ortho intramolecular Hbond substituents is 1. The van der Waals surface area contributed by atoms with Crippen LogP contribution in [0, 0.1) is 0 Å². The van der Waals surface area contributed by atoms with Crippen molar-refractivity contribution in [2.75, 3.05) is 13.7 Å². The lowest BCUT2D eigenvalue weighted by Crippen LogP contribution is -2.72. The molecule has 1 aromatic rings. The minimum Gasteiger partial charge on any atom is -0.504 e. The number of aliphatic hydroxyl groups is 2. The summed E-state index contributed by atoms with van der Waals surface area (Å²) in [4.78, 5) is 0. The summed E-state index contributed by atoms with van der Waals surface area (Å²) in [6.45, 7) is 0.787. The van der Waals surface area contributed by atoms with Gasteiger partial charge in [-0.05, 0) is 50.3 Å². The fourth-order valence-electron chi connectivity index (χ4n) is 5.15. The normalized spacial score (nSPS) is 39.8. The number of benzene rings is 1. The van der Waals surface area contributed by atoms with Gasteiger partial charge in [-0.3, -0.25) is 0 Å². The summed E-state index contributed by atoms with van der Waals surface area (Å²) < 4.78 is 5.28. The zero-order valence-corrected chi connectivity index (χ0v) is 12.8. The van der Waals surface area contributed by atoms with Gasteiger partial charge in [-0.1, -0.05) is 6.07 Å². The van der Waals surface area contributed by atoms with Crippen molar-refractivity contribution in [1.29, 1.82) is 0 Å². The van der Waals surface area contributed by atoms with Crippen molar-refractivity contribution < 1.29 is 20.1 Å². The van der Waals surface area contributed by atoms with Gasteiger partial charge in [0.15, 0.2) is 11.5 Å². The van der Waals surface area contributed by atoms with Gasteiger partial charge in [0.2, 0.25) is 0 Å². The fourth-order valence-corrected chi connectivity index (χ4v) is 5.15. The third kappa shape index (κ3) is 1.59. The minimum absolute atomic E-state index is 0.0194. The number of fused-ring (bicyclic) bond motifs is 1. The Balaban J connectivity index is 1.98. The SMILES string of the molecule is COc1ccc2c(c1O)C13CCNC(C2)C1(O)CCC(O)C3. The molecule has 120 valence electrons. The number of nitrogens with one attached hydrogen (secondary N) is 1. The predicted octanol–water partition coefficient (Wildman–Crippen LogP) is 0.833. The van der Waals surface area contributed by atoms with Crippen molar-refractivity contribution in [3.05, 3.63) is 23.3 Å². The van der Waals surface area contributed by atoms with Crippen LogP contribution in [0.5, 0.6) is 11.5 Å². The van der Waals surface area contributed by atoms with Gasteiger partial charge in [0.05, 0.1) is 18.8 Å². The first-order chi connectivity index (χ1) is 10.5. The number of aliphatic hydroxyl groups excluding tert-OH is 1. The molecule has 4 N–H and O–H groups in total. The summed E-state index contributed by atoms with van der Waals surface area (Å²) >= 11 is 0. The highest BCUT2D eigenvalue weighted by Gasteiger charge is 2.63. The number of phenols is 1. The van der Waals surface area contributed by atoms with Gasteiger partial charge in [-0.25, -0.2) is 0 Å². The molecule has 0 spiro atoms. The summed E-state index contributed by atoms with van der Waals surface area (Å²) in [5, 5.41) is 35.9. The van der Waals surface area contributed by atoms with Gasteiger partial charge in [-0.15, -0.1) is 0 Å². The number of methoxy groups -OCH3 is 1. The second-order valence-electron chi connectivity index (χ2n) is 7.01. The first-order valence-electron chi connectivity index (χ1n) is 8.05. The average molecular weight is 305 g/mol. The maximum atomic E-state index is 11.5. The number of aromatic hydroxyl groups is 1. The Hall–Kier alpha value is -1.30. The number of hydrogen-bond donors (Lipinski definition) is 4. The molecule has 2 aliphatic carbocycles. The van der Waals surface area contributed by atoms with Crippen molar-refractivity contribution in [1.82, 2.24) is 5.32 Å². The Morgan fingerprint density at radius 2 is 2.14 bits per heavy atom. The van der Waals surface area contributed by atoms with Crippen LogP contribution in [0.1, 0.15) is 36.8 Å². The Morgan fingerprint density at radius 1 is 1.32 bits per heavy atom. The first kappa shape index (κ1) is 14.3. The monoisotopic (exact) mass is 305 g/mol. The quantitative estimate of drug-likeness (QED) is 0.618. The maximum absolute atomic E-state index is 11.5. The van der Waals surface area contributed by atoms with E-state index in [0.717, 1.165) is 17.7 Å². The zero-order chi connectivity index (χ0) is 15.5. The summed E-state index contributed by atoms with van der Waals surface area (Å²) in [5.74, 6) is 0.570. The van der Waals surface area contributed by atoms with E-state index in [9.17, 15) is 15.3 Å². The molecule has 0 aromatic heterocycles. The lowest BCUT2D eigenvalue weighted by molar-refractivity contribution is -0.146. The Bertz CT molecular complexity index is 619. The minimum atomic E-state index is -0.915. The van der Waals surface area contributed by atoms with Crippen LogP contribution >= 0.6 is 0 Å². The molecular weight excluding hydrogens is 282 g/mol. The van der Waals surface area contributed by atoms with Crippen LogP contribution in [-0.4, -0.2) is 46.7 Å². The fraction of sp³-hybridized carbons (Fsp3) is 0.647. The molecule has 5 heteroatoms. The van der Waals surface area contributed by atoms with Gasteiger partial charge in [-0.2, -0.15) is 0 Å². The van der Waals surface area contributed by atoms with E-state index >= 15 is 0 Å². The van der Waals surface area contributed by atoms with Crippen LogP contribution in [0.4, 0.5) is 0 Å². The average Bonchev–Trinajstić information content (AvgIpc) is 2.47. The number of rotatable bonds is 1. The molecule has 2 bridgehead atoms. The van der Waals surface area contributed by atoms with Crippen molar-refractivity contribution in [3.63, 3.8) is 0 Å². The molecule has 1 aliphatic heterocycles. The molecule has 0 amide bonds. The van der Waals surface area contributed by atoms with E-state index < -0.39 is 17.1 Å². The largest absolute Gasteiger partial charge is 0.504 e. The van der Waals surface area contributed by atoms with E-state index in [1.807, 2.05) is 6.07 Å². The highest BCUT2D eigenvalue weighted by atomic mass is 16.5. The van der Waals surface area contributed by atoms with E-state index in [1.165, 1.54) is 7.11 Å². The lowest BCUT2D eigenvalue weighted by Gasteiger charge is -2.61. The van der Waals surface area contributed by atoms with Crippen LogP contribution in [0.2, 0.25) is 0 Å². The first-order valence-corrected chi connectivity index (χ1v) is 8.05. The van der Waals surface area contributed by atoms with E-state index in [4.69, 9.17) is 4.74 Å².